The summed E-state index contributed by atoms with van der Waals surface area (Å²) in [6.45, 7) is 9.83. The summed E-state index contributed by atoms with van der Waals surface area (Å²) in [6, 6.07) is 4.71. The number of unbranched alkanes of at least 4 members (excludes halogenated alkanes) is 3. The van der Waals surface area contributed by atoms with E-state index in [1.165, 1.54) is 0 Å². The molecular weight excluding hydrogens is 570 g/mol. The summed E-state index contributed by atoms with van der Waals surface area (Å²) in [4.78, 5) is 39.1. The van der Waals surface area contributed by atoms with E-state index in [-0.39, 0.29) is 17.7 Å². The van der Waals surface area contributed by atoms with E-state index in [9.17, 15) is 14.4 Å². The smallest absolute Gasteiger partial charge is 0.251 e. The van der Waals surface area contributed by atoms with Gasteiger partial charge in [-0.15, -0.1) is 0 Å². The van der Waals surface area contributed by atoms with Crippen molar-refractivity contribution >= 4 is 17.7 Å². The van der Waals surface area contributed by atoms with E-state index < -0.39 is 0 Å². The number of carbonyl (C=O) groups excluding carboxylic acids is 3. The van der Waals surface area contributed by atoms with Gasteiger partial charge in [0.1, 0.15) is 0 Å². The number of hydrogen-bond acceptors (Lipinski definition) is 9. The minimum absolute atomic E-state index is 0.294. The maximum absolute atomic E-state index is 13.0. The average Bonchev–Trinajstić information content (AvgIpc) is 3.05. The number of rotatable bonds is 30. The first-order chi connectivity index (χ1) is 22.0. The van der Waals surface area contributed by atoms with Crippen LogP contribution in [0.4, 0.5) is 0 Å². The Bertz CT molecular complexity index is 791. The van der Waals surface area contributed by atoms with Gasteiger partial charge >= 0.3 is 0 Å². The number of carbonyl (C=O) groups is 3. The van der Waals surface area contributed by atoms with Crippen LogP contribution >= 0.6 is 0 Å². The monoisotopic (exact) mass is 634 g/mol. The summed E-state index contributed by atoms with van der Waals surface area (Å²) in [5, 5.41) is 28.4. The van der Waals surface area contributed by atoms with Crippen LogP contribution in [-0.4, -0.2) is 117 Å². The highest BCUT2D eigenvalue weighted by atomic mass is 16.2. The summed E-state index contributed by atoms with van der Waals surface area (Å²) in [7, 11) is 5.86. The topological polar surface area (TPSA) is 159 Å². The van der Waals surface area contributed by atoms with E-state index in [0.29, 0.717) is 36.3 Å². The zero-order chi connectivity index (χ0) is 32.8. The van der Waals surface area contributed by atoms with Crippen molar-refractivity contribution in [2.75, 3.05) is 99.7 Å². The summed E-state index contributed by atoms with van der Waals surface area (Å²) in [5.41, 5.74) is 0.915. The molecule has 0 aliphatic rings. The standard InChI is InChI=1S/C33H63N9O3/c1-34-13-4-7-16-37-19-10-22-40-31(43)28-25-29(32(44)41-23-11-20-38-17-8-5-14-35-2)27-30(26-28)33(45)42-24-12-21-39-18-9-6-15-36-3/h25-27,34-39H,4-24H2,1-3H3,(H,40,43)(H,41,44)(H,42,45). The summed E-state index contributed by atoms with van der Waals surface area (Å²) in [5.74, 6) is -0.881. The molecule has 3 amide bonds. The number of nitrogens with one attached hydrogen (secondary N) is 9. The maximum atomic E-state index is 13.0. The minimum Gasteiger partial charge on any atom is -0.352 e. The lowest BCUT2D eigenvalue weighted by molar-refractivity contribution is 0.0952. The van der Waals surface area contributed by atoms with Gasteiger partial charge in [-0.05, 0) is 156 Å². The van der Waals surface area contributed by atoms with E-state index in [2.05, 4.69) is 47.9 Å². The lowest BCUT2D eigenvalue weighted by Crippen LogP contribution is -2.31. The third-order valence-corrected chi connectivity index (χ3v) is 7.26. The molecule has 0 saturated heterocycles. The normalized spacial score (nSPS) is 11.0. The molecule has 0 saturated carbocycles. The molecule has 0 spiro atoms. The van der Waals surface area contributed by atoms with Gasteiger partial charge in [-0.3, -0.25) is 14.4 Å². The predicted molar refractivity (Wildman–Crippen MR) is 185 cm³/mol. The van der Waals surface area contributed by atoms with Crippen molar-refractivity contribution in [2.24, 2.45) is 0 Å². The first-order valence-corrected chi connectivity index (χ1v) is 17.1. The van der Waals surface area contributed by atoms with Crippen LogP contribution < -0.4 is 47.9 Å². The molecule has 12 heteroatoms. The third kappa shape index (κ3) is 21.7. The van der Waals surface area contributed by atoms with Gasteiger partial charge in [-0.25, -0.2) is 0 Å². The second kappa shape index (κ2) is 28.8. The highest BCUT2D eigenvalue weighted by Crippen LogP contribution is 2.12. The van der Waals surface area contributed by atoms with E-state index in [4.69, 9.17) is 0 Å². The van der Waals surface area contributed by atoms with Crippen molar-refractivity contribution in [1.29, 1.82) is 0 Å². The maximum Gasteiger partial charge on any atom is 0.251 e. The van der Waals surface area contributed by atoms with Gasteiger partial charge in [-0.1, -0.05) is 0 Å². The van der Waals surface area contributed by atoms with Crippen LogP contribution in [0.15, 0.2) is 18.2 Å². The van der Waals surface area contributed by atoms with Crippen molar-refractivity contribution in [2.45, 2.75) is 57.8 Å². The number of amides is 3. The molecule has 45 heavy (non-hydrogen) atoms. The van der Waals surface area contributed by atoms with Crippen LogP contribution in [0.2, 0.25) is 0 Å². The lowest BCUT2D eigenvalue weighted by atomic mass is 10.0. The molecule has 0 aromatic heterocycles. The average molecular weight is 634 g/mol. The SMILES string of the molecule is CNCCCCNCCCNC(=O)c1cc(C(=O)NCCCNCCCCNC)cc(C(=O)NCCCNCCCCNC)c1. The molecule has 12 nitrogen and oxygen atoms in total. The van der Waals surface area contributed by atoms with Gasteiger partial charge in [0.2, 0.25) is 0 Å². The van der Waals surface area contributed by atoms with Crippen molar-refractivity contribution in [1.82, 2.24) is 47.9 Å². The second-order valence-electron chi connectivity index (χ2n) is 11.3. The molecule has 0 heterocycles. The van der Waals surface area contributed by atoms with Crippen LogP contribution in [0, 0.1) is 0 Å². The number of benzene rings is 1. The molecule has 0 fully saturated rings. The van der Waals surface area contributed by atoms with Crippen LogP contribution in [0.1, 0.15) is 88.9 Å². The summed E-state index contributed by atoms with van der Waals surface area (Å²) in [6.07, 6.45) is 9.07. The first-order valence-electron chi connectivity index (χ1n) is 17.1. The first kappa shape index (κ1) is 40.4. The second-order valence-corrected chi connectivity index (χ2v) is 11.3. The minimum atomic E-state index is -0.294. The Hall–Kier alpha value is -2.61. The Balaban J connectivity index is 2.63. The van der Waals surface area contributed by atoms with Crippen molar-refractivity contribution < 1.29 is 14.4 Å². The van der Waals surface area contributed by atoms with Gasteiger partial charge in [-0.2, -0.15) is 0 Å². The molecule has 0 aliphatic heterocycles. The molecule has 1 rings (SSSR count). The molecule has 0 aliphatic carbocycles. The molecule has 1 aromatic carbocycles. The van der Waals surface area contributed by atoms with Crippen LogP contribution in [0.3, 0.4) is 0 Å². The summed E-state index contributed by atoms with van der Waals surface area (Å²) < 4.78 is 0. The molecule has 1 aromatic rings. The van der Waals surface area contributed by atoms with Crippen LogP contribution in [0.25, 0.3) is 0 Å². The molecule has 0 radical (unpaired) electrons. The fourth-order valence-electron chi connectivity index (χ4n) is 4.60. The van der Waals surface area contributed by atoms with Crippen LogP contribution in [0.5, 0.6) is 0 Å². The lowest BCUT2D eigenvalue weighted by Gasteiger charge is -2.12. The van der Waals surface area contributed by atoms with Crippen molar-refractivity contribution in [3.05, 3.63) is 34.9 Å². The quantitative estimate of drug-likeness (QED) is 0.0559. The van der Waals surface area contributed by atoms with Gasteiger partial charge in [0.25, 0.3) is 17.7 Å². The summed E-state index contributed by atoms with van der Waals surface area (Å²) >= 11 is 0. The fraction of sp³-hybridized carbons (Fsp3) is 0.727. The third-order valence-electron chi connectivity index (χ3n) is 7.26. The van der Waals surface area contributed by atoms with E-state index in [1.54, 1.807) is 18.2 Å². The molecule has 9 N–H and O–H groups in total. The largest absolute Gasteiger partial charge is 0.352 e. The van der Waals surface area contributed by atoms with Gasteiger partial charge in [0, 0.05) is 36.3 Å². The molecule has 0 bridgehead atoms. The highest BCUT2D eigenvalue weighted by Gasteiger charge is 2.16. The van der Waals surface area contributed by atoms with Gasteiger partial charge in [0.05, 0.1) is 0 Å². The number of hydrogen-bond donors (Lipinski definition) is 9. The molecule has 0 unspecified atom stereocenters. The zero-order valence-electron chi connectivity index (χ0n) is 28.3. The Morgan fingerprint density at radius 2 is 0.622 bits per heavy atom. The molecule has 258 valence electrons. The zero-order valence-corrected chi connectivity index (χ0v) is 28.3. The fourth-order valence-corrected chi connectivity index (χ4v) is 4.60. The Labute approximate surface area is 272 Å². The molecular formula is C33H63N9O3. The Kier molecular flexibility index (Phi) is 25.9. The van der Waals surface area contributed by atoms with Crippen LogP contribution in [-0.2, 0) is 0 Å². The Morgan fingerprint density at radius 3 is 0.889 bits per heavy atom. The van der Waals surface area contributed by atoms with Crippen molar-refractivity contribution in [3.8, 4) is 0 Å². The Morgan fingerprint density at radius 1 is 0.378 bits per heavy atom. The predicted octanol–water partition coefficient (Wildman–Crippen LogP) is 0.814. The van der Waals surface area contributed by atoms with Gasteiger partial charge < -0.3 is 47.9 Å². The van der Waals surface area contributed by atoms with E-state index in [1.807, 2.05) is 21.1 Å². The van der Waals surface area contributed by atoms with Crippen molar-refractivity contribution in [3.63, 3.8) is 0 Å². The highest BCUT2D eigenvalue weighted by molar-refractivity contribution is 6.04. The van der Waals surface area contributed by atoms with E-state index >= 15 is 0 Å². The van der Waals surface area contributed by atoms with Gasteiger partial charge in [0.15, 0.2) is 0 Å². The molecule has 0 atom stereocenters. The van der Waals surface area contributed by atoms with E-state index in [0.717, 1.165) is 117 Å².